The van der Waals surface area contributed by atoms with Crippen LogP contribution in [0.2, 0.25) is 0 Å². The summed E-state index contributed by atoms with van der Waals surface area (Å²) >= 11 is 0. The number of urea groups is 1. The van der Waals surface area contributed by atoms with E-state index in [2.05, 4.69) is 10.6 Å². The maximum Gasteiger partial charge on any atom is 0.326 e. The van der Waals surface area contributed by atoms with Gasteiger partial charge in [0.1, 0.15) is 6.04 Å². The van der Waals surface area contributed by atoms with Crippen LogP contribution in [0.1, 0.15) is 27.2 Å². The zero-order valence-electron chi connectivity index (χ0n) is 11.2. The lowest BCUT2D eigenvalue weighted by molar-refractivity contribution is -0.140. The van der Waals surface area contributed by atoms with Crippen LogP contribution >= 0.6 is 0 Å². The molecule has 0 aromatic heterocycles. The Kier molecular flexibility index (Phi) is 7.58. The van der Waals surface area contributed by atoms with Crippen LogP contribution in [-0.4, -0.2) is 45.4 Å². The highest BCUT2D eigenvalue weighted by molar-refractivity contribution is 7.84. The van der Waals surface area contributed by atoms with Gasteiger partial charge >= 0.3 is 12.0 Å². The van der Waals surface area contributed by atoms with Crippen LogP contribution in [-0.2, 0) is 15.6 Å². The Labute approximate surface area is 110 Å². The molecule has 3 unspecified atom stereocenters. The highest BCUT2D eigenvalue weighted by atomic mass is 32.2. The molecular formula is C11H22N2O4S. The molecule has 0 rings (SSSR count). The van der Waals surface area contributed by atoms with Gasteiger partial charge in [0.15, 0.2) is 0 Å². The third-order valence-corrected chi connectivity index (χ3v) is 3.99. The fraction of sp³-hybridized carbons (Fsp3) is 0.818. The maximum atomic E-state index is 11.5. The zero-order valence-corrected chi connectivity index (χ0v) is 12.0. The Morgan fingerprint density at radius 2 is 1.83 bits per heavy atom. The first-order valence-corrected chi connectivity index (χ1v) is 7.47. The van der Waals surface area contributed by atoms with Crippen LogP contribution in [0.5, 0.6) is 0 Å². The van der Waals surface area contributed by atoms with Crippen LogP contribution < -0.4 is 10.6 Å². The molecule has 106 valence electrons. The van der Waals surface area contributed by atoms with Gasteiger partial charge in [-0.3, -0.25) is 4.21 Å². The Bertz CT molecular complexity index is 320. The lowest BCUT2D eigenvalue weighted by atomic mass is 10.1. The van der Waals surface area contributed by atoms with Gasteiger partial charge in [0, 0.05) is 28.9 Å². The molecule has 0 fully saturated rings. The number of nitrogens with one attached hydrogen (secondary N) is 2. The monoisotopic (exact) mass is 278 g/mol. The Morgan fingerprint density at radius 3 is 2.22 bits per heavy atom. The highest BCUT2D eigenvalue weighted by Gasteiger charge is 2.23. The van der Waals surface area contributed by atoms with Crippen molar-refractivity contribution in [3.8, 4) is 0 Å². The Hall–Kier alpha value is -1.11. The van der Waals surface area contributed by atoms with Crippen molar-refractivity contribution in [2.24, 2.45) is 5.92 Å². The highest BCUT2D eigenvalue weighted by Crippen LogP contribution is 2.01. The van der Waals surface area contributed by atoms with Gasteiger partial charge in [0.05, 0.1) is 0 Å². The predicted molar refractivity (Wildman–Crippen MR) is 70.9 cm³/mol. The summed E-state index contributed by atoms with van der Waals surface area (Å²) in [5.41, 5.74) is 0. The Balaban J connectivity index is 4.04. The summed E-state index contributed by atoms with van der Waals surface area (Å²) in [5, 5.41) is 13.9. The molecule has 0 radical (unpaired) electrons. The normalized spacial score (nSPS) is 15.8. The number of carboxylic acids is 1. The topological polar surface area (TPSA) is 95.5 Å². The average Bonchev–Trinajstić information content (AvgIpc) is 2.24. The number of aliphatic carboxylic acids is 1. The summed E-state index contributed by atoms with van der Waals surface area (Å²) in [4.78, 5) is 22.3. The smallest absolute Gasteiger partial charge is 0.326 e. The van der Waals surface area contributed by atoms with E-state index >= 15 is 0 Å². The fourth-order valence-corrected chi connectivity index (χ4v) is 1.71. The van der Waals surface area contributed by atoms with E-state index in [1.165, 1.54) is 0 Å². The van der Waals surface area contributed by atoms with Gasteiger partial charge in [-0.2, -0.15) is 0 Å². The number of hydrogen-bond donors (Lipinski definition) is 3. The lowest BCUT2D eigenvalue weighted by Gasteiger charge is -2.18. The second-order valence-corrected chi connectivity index (χ2v) is 6.36. The predicted octanol–water partition coefficient (Wildman–Crippen LogP) is 0.552. The van der Waals surface area contributed by atoms with Crippen molar-refractivity contribution in [2.45, 2.75) is 38.5 Å². The number of carbonyl (C=O) groups is 2. The molecule has 0 aromatic rings. The first kappa shape index (κ1) is 16.9. The van der Waals surface area contributed by atoms with E-state index in [0.29, 0.717) is 13.0 Å². The molecule has 0 bridgehead atoms. The lowest BCUT2D eigenvalue weighted by Crippen LogP contribution is -2.49. The minimum atomic E-state index is -1.05. The zero-order chi connectivity index (χ0) is 14.3. The first-order valence-electron chi connectivity index (χ1n) is 5.85. The van der Waals surface area contributed by atoms with Gasteiger partial charge in [-0.15, -0.1) is 0 Å². The third kappa shape index (κ3) is 6.58. The number of carbonyl (C=O) groups excluding carboxylic acids is 1. The summed E-state index contributed by atoms with van der Waals surface area (Å²) in [5.74, 6) is -1.24. The van der Waals surface area contributed by atoms with Crippen molar-refractivity contribution in [2.75, 3.05) is 12.8 Å². The number of carboxylic acid groups (broad SMARTS) is 1. The molecule has 3 N–H and O–H groups in total. The van der Waals surface area contributed by atoms with Crippen molar-refractivity contribution >= 4 is 22.8 Å². The molecule has 0 aliphatic heterocycles. The summed E-state index contributed by atoms with van der Waals surface area (Å²) in [7, 11) is -0.916. The summed E-state index contributed by atoms with van der Waals surface area (Å²) in [6, 6.07) is -1.41. The van der Waals surface area contributed by atoms with E-state index in [-0.39, 0.29) is 11.2 Å². The molecule has 0 heterocycles. The van der Waals surface area contributed by atoms with Gasteiger partial charge in [-0.1, -0.05) is 20.8 Å². The van der Waals surface area contributed by atoms with Crippen molar-refractivity contribution in [3.05, 3.63) is 0 Å². The molecule has 0 aromatic carbocycles. The maximum absolute atomic E-state index is 11.5. The largest absolute Gasteiger partial charge is 0.480 e. The minimum Gasteiger partial charge on any atom is -0.480 e. The van der Waals surface area contributed by atoms with Crippen molar-refractivity contribution < 1.29 is 18.9 Å². The van der Waals surface area contributed by atoms with Crippen molar-refractivity contribution in [3.63, 3.8) is 0 Å². The van der Waals surface area contributed by atoms with E-state index in [1.54, 1.807) is 20.1 Å². The molecule has 0 aliphatic rings. The van der Waals surface area contributed by atoms with Crippen LogP contribution in [0.3, 0.4) is 0 Å². The van der Waals surface area contributed by atoms with Crippen molar-refractivity contribution in [1.82, 2.24) is 10.6 Å². The molecule has 0 saturated heterocycles. The molecular weight excluding hydrogens is 256 g/mol. The standard InChI is InChI=1S/C11H22N2O4S/c1-7(2)9(10(14)15)13-11(16)12-6-5-8(3)18(4)17/h7-9H,5-6H2,1-4H3,(H,14,15)(H2,12,13,16). The quantitative estimate of drug-likeness (QED) is 0.634. The minimum absolute atomic E-state index is 0.00525. The summed E-state index contributed by atoms with van der Waals surface area (Å²) in [6.45, 7) is 5.66. The van der Waals surface area contributed by atoms with Gasteiger partial charge < -0.3 is 15.7 Å². The number of hydrogen-bond acceptors (Lipinski definition) is 3. The third-order valence-electron chi connectivity index (χ3n) is 2.62. The van der Waals surface area contributed by atoms with Gasteiger partial charge in [0.25, 0.3) is 0 Å². The molecule has 3 atom stereocenters. The number of amides is 2. The second-order valence-electron chi connectivity index (χ2n) is 4.56. The van der Waals surface area contributed by atoms with E-state index < -0.39 is 28.8 Å². The van der Waals surface area contributed by atoms with E-state index in [9.17, 15) is 13.8 Å². The summed E-state index contributed by atoms with van der Waals surface area (Å²) in [6.07, 6.45) is 2.21. The van der Waals surface area contributed by atoms with Gasteiger partial charge in [-0.05, 0) is 12.3 Å². The van der Waals surface area contributed by atoms with Crippen LogP contribution in [0.15, 0.2) is 0 Å². The molecule has 2 amide bonds. The first-order chi connectivity index (χ1) is 8.25. The molecule has 0 saturated carbocycles. The van der Waals surface area contributed by atoms with E-state index in [1.807, 2.05) is 6.92 Å². The van der Waals surface area contributed by atoms with E-state index in [0.717, 1.165) is 0 Å². The summed E-state index contributed by atoms with van der Waals surface area (Å²) < 4.78 is 11.1. The van der Waals surface area contributed by atoms with Crippen LogP contribution in [0.4, 0.5) is 4.79 Å². The van der Waals surface area contributed by atoms with Gasteiger partial charge in [0.2, 0.25) is 0 Å². The van der Waals surface area contributed by atoms with Crippen LogP contribution in [0.25, 0.3) is 0 Å². The molecule has 0 aliphatic carbocycles. The molecule has 0 spiro atoms. The molecule has 7 heteroatoms. The Morgan fingerprint density at radius 1 is 1.28 bits per heavy atom. The SMILES string of the molecule is CC(C)C(NC(=O)NCCC(C)S(C)=O)C(=O)O. The van der Waals surface area contributed by atoms with Crippen molar-refractivity contribution in [1.29, 1.82) is 0 Å². The van der Waals surface area contributed by atoms with Crippen LogP contribution in [0, 0.1) is 5.92 Å². The van der Waals surface area contributed by atoms with E-state index in [4.69, 9.17) is 5.11 Å². The number of rotatable bonds is 7. The fourth-order valence-electron chi connectivity index (χ4n) is 1.26. The average molecular weight is 278 g/mol. The molecule has 18 heavy (non-hydrogen) atoms. The molecule has 6 nitrogen and oxygen atoms in total. The second kappa shape index (κ2) is 8.07. The van der Waals surface area contributed by atoms with Gasteiger partial charge in [-0.25, -0.2) is 9.59 Å².